The topological polar surface area (TPSA) is 3.24 Å². The summed E-state index contributed by atoms with van der Waals surface area (Å²) < 4.78 is 0. The zero-order valence-electron chi connectivity index (χ0n) is 14.2. The third-order valence-corrected chi connectivity index (χ3v) is 6.70. The van der Waals surface area contributed by atoms with Gasteiger partial charge in [0.2, 0.25) is 0 Å². The van der Waals surface area contributed by atoms with Crippen molar-refractivity contribution in [3.05, 3.63) is 0 Å². The average molecular weight is 292 g/mol. The number of nitrogens with zero attached hydrogens (tertiary/aromatic N) is 1. The van der Waals surface area contributed by atoms with Gasteiger partial charge in [0.1, 0.15) is 0 Å². The lowest BCUT2D eigenvalue weighted by atomic mass is 9.75. The Bertz CT molecular complexity index is 264. The quantitative estimate of drug-likeness (QED) is 0.583. The summed E-state index contributed by atoms with van der Waals surface area (Å²) in [4.78, 5) is 2.89. The minimum atomic E-state index is 0.943. The van der Waals surface area contributed by atoms with Crippen LogP contribution >= 0.6 is 0 Å². The van der Waals surface area contributed by atoms with Gasteiger partial charge in [-0.2, -0.15) is 0 Å². The van der Waals surface area contributed by atoms with Crippen LogP contribution in [-0.2, 0) is 0 Å². The van der Waals surface area contributed by atoms with Crippen LogP contribution in [0.1, 0.15) is 96.3 Å². The van der Waals surface area contributed by atoms with E-state index in [1.54, 1.807) is 12.8 Å². The Labute approximate surface area is 132 Å². The van der Waals surface area contributed by atoms with Crippen molar-refractivity contribution in [2.45, 2.75) is 102 Å². The van der Waals surface area contributed by atoms with Crippen molar-refractivity contribution in [2.75, 3.05) is 13.1 Å². The standard InChI is InChI=1S/C20H37N/c1-2-7-15-20(14-6-1)21-16-8-12-19(13-9-17-21)18-10-4-3-5-11-18/h18-20H,1-17H2. The Morgan fingerprint density at radius 2 is 0.857 bits per heavy atom. The molecule has 1 nitrogen and oxygen atoms in total. The summed E-state index contributed by atoms with van der Waals surface area (Å²) in [5.41, 5.74) is 0. The second-order valence-corrected chi connectivity index (χ2v) is 8.12. The van der Waals surface area contributed by atoms with Crippen molar-refractivity contribution in [3.8, 4) is 0 Å². The third kappa shape index (κ3) is 4.71. The van der Waals surface area contributed by atoms with E-state index in [9.17, 15) is 0 Å². The molecule has 0 atom stereocenters. The number of hydrogen-bond acceptors (Lipinski definition) is 1. The van der Waals surface area contributed by atoms with E-state index in [1.807, 2.05) is 0 Å². The molecule has 0 spiro atoms. The third-order valence-electron chi connectivity index (χ3n) is 6.70. The van der Waals surface area contributed by atoms with E-state index in [0.29, 0.717) is 0 Å². The zero-order valence-corrected chi connectivity index (χ0v) is 14.2. The Morgan fingerprint density at radius 3 is 1.43 bits per heavy atom. The van der Waals surface area contributed by atoms with E-state index in [4.69, 9.17) is 0 Å². The molecule has 1 heteroatoms. The SMILES string of the molecule is C1CCC(C2CCCN(C3CCCCCC3)CCC2)CC1. The highest BCUT2D eigenvalue weighted by atomic mass is 15.1. The summed E-state index contributed by atoms with van der Waals surface area (Å²) in [5.74, 6) is 2.18. The van der Waals surface area contributed by atoms with E-state index in [-0.39, 0.29) is 0 Å². The second kappa shape index (κ2) is 8.56. The lowest BCUT2D eigenvalue weighted by Crippen LogP contribution is -2.38. The smallest absolute Gasteiger partial charge is 0.00952 e. The molecular formula is C20H37N. The lowest BCUT2D eigenvalue weighted by molar-refractivity contribution is 0.130. The molecule has 3 aliphatic rings. The van der Waals surface area contributed by atoms with Crippen molar-refractivity contribution < 1.29 is 0 Å². The van der Waals surface area contributed by atoms with Crippen LogP contribution in [0.3, 0.4) is 0 Å². The Balaban J connectivity index is 1.46. The van der Waals surface area contributed by atoms with Crippen LogP contribution in [0.2, 0.25) is 0 Å². The van der Waals surface area contributed by atoms with Gasteiger partial charge in [0.05, 0.1) is 0 Å². The number of rotatable bonds is 2. The zero-order chi connectivity index (χ0) is 14.3. The van der Waals surface area contributed by atoms with Gasteiger partial charge < -0.3 is 4.90 Å². The van der Waals surface area contributed by atoms with E-state index >= 15 is 0 Å². The van der Waals surface area contributed by atoms with Crippen LogP contribution in [0.25, 0.3) is 0 Å². The molecule has 0 aromatic heterocycles. The molecule has 21 heavy (non-hydrogen) atoms. The largest absolute Gasteiger partial charge is 0.300 e. The Kier molecular flexibility index (Phi) is 6.45. The van der Waals surface area contributed by atoms with E-state index in [1.165, 1.54) is 96.6 Å². The van der Waals surface area contributed by atoms with Crippen LogP contribution in [0, 0.1) is 11.8 Å². The molecule has 1 saturated heterocycles. The van der Waals surface area contributed by atoms with Crippen molar-refractivity contribution in [2.24, 2.45) is 11.8 Å². The highest BCUT2D eigenvalue weighted by Gasteiger charge is 2.26. The highest BCUT2D eigenvalue weighted by molar-refractivity contribution is 4.80. The molecule has 3 rings (SSSR count). The van der Waals surface area contributed by atoms with Gasteiger partial charge in [0, 0.05) is 6.04 Å². The molecular weight excluding hydrogens is 254 g/mol. The lowest BCUT2D eigenvalue weighted by Gasteiger charge is -2.37. The molecule has 1 heterocycles. The Hall–Kier alpha value is -0.0400. The molecule has 0 bridgehead atoms. The van der Waals surface area contributed by atoms with Crippen molar-refractivity contribution in [1.82, 2.24) is 4.90 Å². The molecule has 3 fully saturated rings. The second-order valence-electron chi connectivity index (χ2n) is 8.12. The molecule has 0 N–H and O–H groups in total. The van der Waals surface area contributed by atoms with Crippen LogP contribution in [0.15, 0.2) is 0 Å². The fraction of sp³-hybridized carbons (Fsp3) is 1.00. The first-order chi connectivity index (χ1) is 10.4. The monoisotopic (exact) mass is 291 g/mol. The average Bonchev–Trinajstić information content (AvgIpc) is 2.77. The maximum absolute atomic E-state index is 2.89. The van der Waals surface area contributed by atoms with Gasteiger partial charge >= 0.3 is 0 Å². The predicted molar refractivity (Wildman–Crippen MR) is 91.6 cm³/mol. The molecule has 0 amide bonds. The first kappa shape index (κ1) is 15.8. The first-order valence-electron chi connectivity index (χ1n) is 10.2. The normalized spacial score (nSPS) is 29.7. The fourth-order valence-electron chi connectivity index (χ4n) is 5.43. The van der Waals surface area contributed by atoms with Crippen LogP contribution < -0.4 is 0 Å². The molecule has 0 aromatic carbocycles. The predicted octanol–water partition coefficient (Wildman–Crippen LogP) is 5.78. The summed E-state index contributed by atoms with van der Waals surface area (Å²) in [6, 6.07) is 0.943. The number of hydrogen-bond donors (Lipinski definition) is 0. The van der Waals surface area contributed by atoms with E-state index in [2.05, 4.69) is 4.90 Å². The highest BCUT2D eigenvalue weighted by Crippen LogP contribution is 2.36. The summed E-state index contributed by atoms with van der Waals surface area (Å²) in [6.45, 7) is 2.82. The van der Waals surface area contributed by atoms with Crippen LogP contribution in [0.4, 0.5) is 0 Å². The molecule has 0 aromatic rings. The van der Waals surface area contributed by atoms with Gasteiger partial charge in [0.15, 0.2) is 0 Å². The van der Waals surface area contributed by atoms with Crippen LogP contribution in [-0.4, -0.2) is 24.0 Å². The van der Waals surface area contributed by atoms with Gasteiger partial charge in [-0.15, -0.1) is 0 Å². The molecule has 122 valence electrons. The summed E-state index contributed by atoms with van der Waals surface area (Å²) >= 11 is 0. The molecule has 0 radical (unpaired) electrons. The molecule has 0 unspecified atom stereocenters. The minimum absolute atomic E-state index is 0.943. The van der Waals surface area contributed by atoms with Crippen molar-refractivity contribution in [1.29, 1.82) is 0 Å². The van der Waals surface area contributed by atoms with E-state index < -0.39 is 0 Å². The summed E-state index contributed by atoms with van der Waals surface area (Å²) in [5, 5.41) is 0. The molecule has 2 saturated carbocycles. The first-order valence-corrected chi connectivity index (χ1v) is 10.2. The fourth-order valence-corrected chi connectivity index (χ4v) is 5.43. The van der Waals surface area contributed by atoms with Gasteiger partial charge in [-0.3, -0.25) is 0 Å². The Morgan fingerprint density at radius 1 is 0.429 bits per heavy atom. The van der Waals surface area contributed by atoms with Crippen molar-refractivity contribution >= 4 is 0 Å². The van der Waals surface area contributed by atoms with Gasteiger partial charge in [0.25, 0.3) is 0 Å². The van der Waals surface area contributed by atoms with Gasteiger partial charge in [-0.1, -0.05) is 57.8 Å². The van der Waals surface area contributed by atoms with Crippen molar-refractivity contribution in [3.63, 3.8) is 0 Å². The van der Waals surface area contributed by atoms with Gasteiger partial charge in [-0.05, 0) is 63.5 Å². The van der Waals surface area contributed by atoms with Crippen LogP contribution in [0.5, 0.6) is 0 Å². The number of likely N-dealkylation sites (tertiary alicyclic amines) is 1. The molecule has 2 aliphatic carbocycles. The summed E-state index contributed by atoms with van der Waals surface area (Å²) in [6.07, 6.45) is 22.7. The maximum Gasteiger partial charge on any atom is 0.00952 e. The van der Waals surface area contributed by atoms with Gasteiger partial charge in [-0.25, -0.2) is 0 Å². The minimum Gasteiger partial charge on any atom is -0.300 e. The molecule has 1 aliphatic heterocycles. The maximum atomic E-state index is 2.89. The summed E-state index contributed by atoms with van der Waals surface area (Å²) in [7, 11) is 0. The van der Waals surface area contributed by atoms with E-state index in [0.717, 1.165) is 17.9 Å².